The van der Waals surface area contributed by atoms with Gasteiger partial charge in [-0.1, -0.05) is 12.1 Å². The summed E-state index contributed by atoms with van der Waals surface area (Å²) in [5.74, 6) is 0.906. The molecule has 0 N–H and O–H groups in total. The molecule has 0 aliphatic rings. The van der Waals surface area contributed by atoms with Gasteiger partial charge in [-0.3, -0.25) is 4.79 Å². The van der Waals surface area contributed by atoms with Gasteiger partial charge in [0.1, 0.15) is 5.75 Å². The van der Waals surface area contributed by atoms with E-state index in [0.29, 0.717) is 0 Å². The summed E-state index contributed by atoms with van der Waals surface area (Å²) >= 11 is 1.52. The van der Waals surface area contributed by atoms with Gasteiger partial charge in [0.05, 0.1) is 12.0 Å². The molecule has 0 saturated heterocycles. The van der Waals surface area contributed by atoms with E-state index in [-0.39, 0.29) is 5.78 Å². The maximum atomic E-state index is 11.9. The fourth-order valence-electron chi connectivity index (χ4n) is 1.83. The van der Waals surface area contributed by atoms with Crippen LogP contribution in [0.5, 0.6) is 5.75 Å². The van der Waals surface area contributed by atoms with Gasteiger partial charge in [-0.25, -0.2) is 0 Å². The molecule has 0 aliphatic carbocycles. The average Bonchev–Trinajstić information content (AvgIpc) is 2.83. The van der Waals surface area contributed by atoms with Crippen LogP contribution in [0.3, 0.4) is 0 Å². The van der Waals surface area contributed by atoms with Crippen molar-refractivity contribution in [3.8, 4) is 5.75 Å². The van der Waals surface area contributed by atoms with Crippen molar-refractivity contribution in [3.05, 3.63) is 57.3 Å². The Morgan fingerprint density at radius 3 is 2.58 bits per heavy atom. The number of thiophene rings is 1. The lowest BCUT2D eigenvalue weighted by Crippen LogP contribution is -1.90. The molecule has 1 aromatic heterocycles. The highest BCUT2D eigenvalue weighted by Crippen LogP contribution is 2.20. The van der Waals surface area contributed by atoms with Gasteiger partial charge in [-0.05, 0) is 55.3 Å². The van der Waals surface area contributed by atoms with Crippen LogP contribution >= 0.6 is 11.3 Å². The lowest BCUT2D eigenvalue weighted by Gasteiger charge is -2.04. The fourth-order valence-corrected chi connectivity index (χ4v) is 2.61. The average molecular weight is 272 g/mol. The molecule has 2 aromatic rings. The molecule has 0 unspecified atom stereocenters. The van der Waals surface area contributed by atoms with Gasteiger partial charge in [0.25, 0.3) is 0 Å². The van der Waals surface area contributed by atoms with Gasteiger partial charge in [0, 0.05) is 4.88 Å². The monoisotopic (exact) mass is 272 g/mol. The van der Waals surface area contributed by atoms with E-state index in [0.717, 1.165) is 26.6 Å². The van der Waals surface area contributed by atoms with Crippen LogP contribution in [0.4, 0.5) is 0 Å². The van der Waals surface area contributed by atoms with Crippen LogP contribution in [0.15, 0.2) is 36.4 Å². The predicted octanol–water partition coefficient (Wildman–Crippen LogP) is 4.27. The Kier molecular flexibility index (Phi) is 4.17. The molecule has 0 atom stereocenters. The molecule has 0 bridgehead atoms. The molecule has 98 valence electrons. The summed E-state index contributed by atoms with van der Waals surface area (Å²) in [6.45, 7) is 3.98. The van der Waals surface area contributed by atoms with Crippen LogP contribution in [-0.4, -0.2) is 12.9 Å². The Morgan fingerprint density at radius 2 is 2.00 bits per heavy atom. The standard InChI is InChI=1S/C16H16O2S/c1-11-10-13(6-8-15(11)18-3)5-7-14(17)16-9-4-12(2)19-16/h4-10H,1-3H3/b7-5+. The smallest absolute Gasteiger partial charge is 0.195 e. The zero-order valence-corrected chi connectivity index (χ0v) is 12.1. The summed E-state index contributed by atoms with van der Waals surface area (Å²) in [4.78, 5) is 13.9. The SMILES string of the molecule is COc1ccc(/C=C/C(=O)c2ccc(C)s2)cc1C. The van der Waals surface area contributed by atoms with Crippen molar-refractivity contribution in [2.45, 2.75) is 13.8 Å². The van der Waals surface area contributed by atoms with Crippen LogP contribution in [0.25, 0.3) is 6.08 Å². The summed E-state index contributed by atoms with van der Waals surface area (Å²) in [5, 5.41) is 0. The minimum atomic E-state index is 0.0478. The number of ether oxygens (including phenoxy) is 1. The Bertz CT molecular complexity index is 623. The van der Waals surface area contributed by atoms with Crippen molar-refractivity contribution < 1.29 is 9.53 Å². The second kappa shape index (κ2) is 5.85. The predicted molar refractivity (Wildman–Crippen MR) is 80.2 cm³/mol. The first-order valence-electron chi connectivity index (χ1n) is 6.03. The number of carbonyl (C=O) groups is 1. The Hall–Kier alpha value is -1.87. The molecule has 0 radical (unpaired) electrons. The molecule has 0 aliphatic heterocycles. The number of ketones is 1. The quantitative estimate of drug-likeness (QED) is 0.613. The highest BCUT2D eigenvalue weighted by atomic mass is 32.1. The van der Waals surface area contributed by atoms with E-state index in [9.17, 15) is 4.79 Å². The first-order chi connectivity index (χ1) is 9.10. The lowest BCUT2D eigenvalue weighted by molar-refractivity contribution is 0.105. The van der Waals surface area contributed by atoms with Crippen molar-refractivity contribution in [1.29, 1.82) is 0 Å². The van der Waals surface area contributed by atoms with Crippen LogP contribution in [0.1, 0.15) is 25.7 Å². The van der Waals surface area contributed by atoms with Crippen LogP contribution in [-0.2, 0) is 0 Å². The molecule has 0 saturated carbocycles. The zero-order valence-electron chi connectivity index (χ0n) is 11.3. The molecule has 0 spiro atoms. The van der Waals surface area contributed by atoms with Gasteiger partial charge in [0.15, 0.2) is 5.78 Å². The second-order valence-corrected chi connectivity index (χ2v) is 5.62. The molecule has 2 rings (SSSR count). The largest absolute Gasteiger partial charge is 0.496 e. The van der Waals surface area contributed by atoms with Gasteiger partial charge in [0.2, 0.25) is 0 Å². The van der Waals surface area contributed by atoms with Gasteiger partial charge in [-0.2, -0.15) is 0 Å². The van der Waals surface area contributed by atoms with Crippen molar-refractivity contribution in [1.82, 2.24) is 0 Å². The van der Waals surface area contributed by atoms with E-state index in [4.69, 9.17) is 4.74 Å². The number of aryl methyl sites for hydroxylation is 2. The molecule has 19 heavy (non-hydrogen) atoms. The van der Waals surface area contributed by atoms with Crippen molar-refractivity contribution in [2.24, 2.45) is 0 Å². The van der Waals surface area contributed by atoms with E-state index in [2.05, 4.69) is 0 Å². The van der Waals surface area contributed by atoms with Gasteiger partial charge >= 0.3 is 0 Å². The number of rotatable bonds is 4. The Balaban J connectivity index is 2.14. The molecule has 1 heterocycles. The minimum absolute atomic E-state index is 0.0478. The normalized spacial score (nSPS) is 10.9. The maximum absolute atomic E-state index is 11.9. The third kappa shape index (κ3) is 3.32. The number of hydrogen-bond acceptors (Lipinski definition) is 3. The number of carbonyl (C=O) groups excluding carboxylic acids is 1. The highest BCUT2D eigenvalue weighted by Gasteiger charge is 2.04. The third-order valence-corrected chi connectivity index (χ3v) is 3.84. The lowest BCUT2D eigenvalue weighted by atomic mass is 10.1. The van der Waals surface area contributed by atoms with Crippen LogP contribution in [0, 0.1) is 13.8 Å². The first-order valence-corrected chi connectivity index (χ1v) is 6.85. The third-order valence-electron chi connectivity index (χ3n) is 2.83. The highest BCUT2D eigenvalue weighted by molar-refractivity contribution is 7.14. The molecule has 0 amide bonds. The maximum Gasteiger partial charge on any atom is 0.195 e. The number of methoxy groups -OCH3 is 1. The Labute approximate surface area is 117 Å². The molecular formula is C16H16O2S. The van der Waals surface area contributed by atoms with Gasteiger partial charge < -0.3 is 4.74 Å². The van der Waals surface area contributed by atoms with Crippen LogP contribution in [0.2, 0.25) is 0 Å². The second-order valence-electron chi connectivity index (χ2n) is 4.34. The van der Waals surface area contributed by atoms with E-state index in [1.54, 1.807) is 13.2 Å². The summed E-state index contributed by atoms with van der Waals surface area (Å²) in [6.07, 6.45) is 3.45. The summed E-state index contributed by atoms with van der Waals surface area (Å²) < 4.78 is 5.21. The molecular weight excluding hydrogens is 256 g/mol. The van der Waals surface area contributed by atoms with Crippen molar-refractivity contribution >= 4 is 23.2 Å². The molecule has 1 aromatic carbocycles. The molecule has 2 nitrogen and oxygen atoms in total. The van der Waals surface area contributed by atoms with Crippen molar-refractivity contribution in [3.63, 3.8) is 0 Å². The van der Waals surface area contributed by atoms with E-state index in [1.165, 1.54) is 11.3 Å². The fraction of sp³-hybridized carbons (Fsp3) is 0.188. The molecule has 0 fully saturated rings. The zero-order chi connectivity index (χ0) is 13.8. The molecule has 3 heteroatoms. The first kappa shape index (κ1) is 13.6. The number of allylic oxidation sites excluding steroid dienone is 1. The summed E-state index contributed by atoms with van der Waals surface area (Å²) in [6, 6.07) is 9.68. The van der Waals surface area contributed by atoms with E-state index in [1.807, 2.05) is 50.3 Å². The summed E-state index contributed by atoms with van der Waals surface area (Å²) in [7, 11) is 1.65. The van der Waals surface area contributed by atoms with E-state index < -0.39 is 0 Å². The van der Waals surface area contributed by atoms with Crippen molar-refractivity contribution in [2.75, 3.05) is 7.11 Å². The van der Waals surface area contributed by atoms with Crippen LogP contribution < -0.4 is 4.74 Å². The topological polar surface area (TPSA) is 26.3 Å². The number of benzene rings is 1. The number of hydrogen-bond donors (Lipinski definition) is 0. The van der Waals surface area contributed by atoms with E-state index >= 15 is 0 Å². The minimum Gasteiger partial charge on any atom is -0.496 e. The Morgan fingerprint density at radius 1 is 1.21 bits per heavy atom. The summed E-state index contributed by atoms with van der Waals surface area (Å²) in [5.41, 5.74) is 2.06. The van der Waals surface area contributed by atoms with Gasteiger partial charge in [-0.15, -0.1) is 11.3 Å².